The van der Waals surface area contributed by atoms with Crippen molar-refractivity contribution in [3.8, 4) is 0 Å². The first-order chi connectivity index (χ1) is 13.4. The molecule has 0 radical (unpaired) electrons. The van der Waals surface area contributed by atoms with E-state index in [9.17, 15) is 24.5 Å². The molecule has 8 nitrogen and oxygen atoms in total. The number of nitro benzene ring substituents is 1. The van der Waals surface area contributed by atoms with Gasteiger partial charge in [0.2, 0.25) is 0 Å². The van der Waals surface area contributed by atoms with Gasteiger partial charge in [0.1, 0.15) is 0 Å². The number of rotatable bonds is 5. The minimum absolute atomic E-state index is 0.0506. The topological polar surface area (TPSA) is 107 Å². The molecule has 0 aromatic heterocycles. The van der Waals surface area contributed by atoms with E-state index in [1.54, 1.807) is 36.4 Å². The van der Waals surface area contributed by atoms with Crippen LogP contribution in [0, 0.1) is 10.1 Å². The summed E-state index contributed by atoms with van der Waals surface area (Å²) in [6.07, 6.45) is 1.55. The van der Waals surface area contributed by atoms with Gasteiger partial charge in [0, 0.05) is 12.1 Å². The summed E-state index contributed by atoms with van der Waals surface area (Å²) in [5.41, 5.74) is 1.40. The highest BCUT2D eigenvalue weighted by molar-refractivity contribution is 8.18. The zero-order valence-corrected chi connectivity index (χ0v) is 15.5. The summed E-state index contributed by atoms with van der Waals surface area (Å²) in [4.78, 5) is 47.9. The molecule has 1 heterocycles. The fourth-order valence-corrected chi connectivity index (χ4v) is 3.41. The van der Waals surface area contributed by atoms with Crippen LogP contribution in [-0.2, 0) is 16.1 Å². The number of thioether (sulfide) groups is 1. The number of methoxy groups -OCH3 is 1. The fraction of sp³-hybridized carbons (Fsp3) is 0.105. The van der Waals surface area contributed by atoms with Crippen LogP contribution in [0.15, 0.2) is 53.4 Å². The van der Waals surface area contributed by atoms with Gasteiger partial charge < -0.3 is 4.74 Å². The third-order valence-electron chi connectivity index (χ3n) is 3.97. The van der Waals surface area contributed by atoms with Crippen LogP contribution in [0.5, 0.6) is 0 Å². The number of nitrogens with zero attached hydrogens (tertiary/aromatic N) is 2. The molecule has 9 heteroatoms. The van der Waals surface area contributed by atoms with E-state index in [0.717, 1.165) is 16.7 Å². The molecule has 1 saturated heterocycles. The average Bonchev–Trinajstić information content (AvgIpc) is 2.95. The third kappa shape index (κ3) is 4.09. The van der Waals surface area contributed by atoms with Crippen LogP contribution in [0.1, 0.15) is 21.5 Å². The monoisotopic (exact) mass is 398 g/mol. The molecule has 3 rings (SSSR count). The Kier molecular flexibility index (Phi) is 5.55. The highest BCUT2D eigenvalue weighted by Crippen LogP contribution is 2.33. The number of imide groups is 1. The number of hydrogen-bond acceptors (Lipinski definition) is 7. The Hall–Kier alpha value is -3.46. The summed E-state index contributed by atoms with van der Waals surface area (Å²) in [6.45, 7) is -0.0506. The summed E-state index contributed by atoms with van der Waals surface area (Å²) in [5.74, 6) is -0.942. The number of non-ortho nitro benzene ring substituents is 1. The van der Waals surface area contributed by atoms with Crippen LogP contribution in [0.3, 0.4) is 0 Å². The van der Waals surface area contributed by atoms with Gasteiger partial charge in [-0.2, -0.15) is 0 Å². The molecule has 0 spiro atoms. The van der Waals surface area contributed by atoms with Crippen molar-refractivity contribution in [1.82, 2.24) is 4.90 Å². The van der Waals surface area contributed by atoms with Gasteiger partial charge in [0.15, 0.2) is 0 Å². The predicted octanol–water partition coefficient (Wildman–Crippen LogP) is 3.62. The molecule has 0 bridgehead atoms. The van der Waals surface area contributed by atoms with E-state index >= 15 is 0 Å². The van der Waals surface area contributed by atoms with Gasteiger partial charge in [-0.3, -0.25) is 24.6 Å². The van der Waals surface area contributed by atoms with Gasteiger partial charge in [-0.1, -0.05) is 24.3 Å². The normalized spacial score (nSPS) is 15.2. The van der Waals surface area contributed by atoms with Crippen molar-refractivity contribution in [3.63, 3.8) is 0 Å². The molecule has 28 heavy (non-hydrogen) atoms. The molecule has 142 valence electrons. The molecule has 0 unspecified atom stereocenters. The summed E-state index contributed by atoms with van der Waals surface area (Å²) in [5, 5.41) is 10.4. The summed E-state index contributed by atoms with van der Waals surface area (Å²) in [7, 11) is 1.29. The van der Waals surface area contributed by atoms with E-state index in [1.807, 2.05) is 0 Å². The van der Waals surface area contributed by atoms with E-state index in [-0.39, 0.29) is 17.1 Å². The fourth-order valence-electron chi connectivity index (χ4n) is 2.57. The number of benzene rings is 2. The molecule has 2 aromatic rings. The van der Waals surface area contributed by atoms with Crippen molar-refractivity contribution in [3.05, 3.63) is 80.2 Å². The molecule has 1 aliphatic rings. The Morgan fingerprint density at radius 2 is 1.93 bits per heavy atom. The number of esters is 1. The van der Waals surface area contributed by atoms with Crippen LogP contribution in [-0.4, -0.2) is 34.0 Å². The Labute approximate surface area is 163 Å². The second kappa shape index (κ2) is 8.05. The summed E-state index contributed by atoms with van der Waals surface area (Å²) < 4.78 is 4.63. The Morgan fingerprint density at radius 3 is 2.57 bits per heavy atom. The van der Waals surface area contributed by atoms with E-state index in [2.05, 4.69) is 4.74 Å². The minimum Gasteiger partial charge on any atom is -0.465 e. The maximum absolute atomic E-state index is 12.6. The molecular weight excluding hydrogens is 384 g/mol. The molecule has 1 aliphatic heterocycles. The molecule has 2 aromatic carbocycles. The molecule has 0 N–H and O–H groups in total. The Morgan fingerprint density at radius 1 is 1.21 bits per heavy atom. The molecule has 0 saturated carbocycles. The van der Waals surface area contributed by atoms with Crippen LogP contribution in [0.4, 0.5) is 10.5 Å². The van der Waals surface area contributed by atoms with Crippen molar-refractivity contribution in [2.75, 3.05) is 7.11 Å². The summed E-state index contributed by atoms with van der Waals surface area (Å²) in [6, 6.07) is 12.2. The lowest BCUT2D eigenvalue weighted by Gasteiger charge is -2.12. The van der Waals surface area contributed by atoms with Crippen LogP contribution in [0.2, 0.25) is 0 Å². The zero-order valence-electron chi connectivity index (χ0n) is 14.7. The van der Waals surface area contributed by atoms with Gasteiger partial charge in [0.25, 0.3) is 16.8 Å². The average molecular weight is 398 g/mol. The number of carbonyl (C=O) groups excluding carboxylic acids is 3. The Bertz CT molecular complexity index is 1000. The van der Waals surface area contributed by atoms with Gasteiger partial charge in [-0.05, 0) is 41.1 Å². The predicted molar refractivity (Wildman–Crippen MR) is 102 cm³/mol. The Balaban J connectivity index is 1.78. The van der Waals surface area contributed by atoms with Gasteiger partial charge >= 0.3 is 5.97 Å². The van der Waals surface area contributed by atoms with Crippen molar-refractivity contribution in [2.45, 2.75) is 6.54 Å². The van der Waals surface area contributed by atoms with Crippen molar-refractivity contribution in [1.29, 1.82) is 0 Å². The molecule has 0 aliphatic carbocycles. The van der Waals surface area contributed by atoms with E-state index < -0.39 is 22.0 Å². The molecule has 0 atom stereocenters. The SMILES string of the molecule is COC(=O)c1ccc(/C=C2\SC(=O)N(Cc3cccc([N+](=O)[O-])c3)C2=O)cc1. The highest BCUT2D eigenvalue weighted by Gasteiger charge is 2.35. The molecule has 1 fully saturated rings. The second-order valence-corrected chi connectivity index (χ2v) is 6.80. The smallest absolute Gasteiger partial charge is 0.337 e. The zero-order chi connectivity index (χ0) is 20.3. The maximum atomic E-state index is 12.6. The first-order valence-electron chi connectivity index (χ1n) is 8.06. The van der Waals surface area contributed by atoms with E-state index in [0.29, 0.717) is 16.7 Å². The maximum Gasteiger partial charge on any atom is 0.337 e. The van der Waals surface area contributed by atoms with E-state index in [1.165, 1.54) is 25.3 Å². The number of ether oxygens (including phenoxy) is 1. The second-order valence-electron chi connectivity index (χ2n) is 5.81. The first kappa shape index (κ1) is 19.3. The first-order valence-corrected chi connectivity index (χ1v) is 8.88. The van der Waals surface area contributed by atoms with Crippen LogP contribution >= 0.6 is 11.8 Å². The number of carbonyl (C=O) groups is 3. The van der Waals surface area contributed by atoms with Crippen LogP contribution < -0.4 is 0 Å². The summed E-state index contributed by atoms with van der Waals surface area (Å²) >= 11 is 0.794. The molecular formula is C19H14N2O6S. The quantitative estimate of drug-likeness (QED) is 0.328. The number of nitro groups is 1. The van der Waals surface area contributed by atoms with Crippen molar-refractivity contribution >= 4 is 40.6 Å². The van der Waals surface area contributed by atoms with Crippen LogP contribution in [0.25, 0.3) is 6.08 Å². The largest absolute Gasteiger partial charge is 0.465 e. The van der Waals surface area contributed by atoms with Crippen molar-refractivity contribution < 1.29 is 24.0 Å². The third-order valence-corrected chi connectivity index (χ3v) is 4.87. The lowest BCUT2D eigenvalue weighted by molar-refractivity contribution is -0.384. The van der Waals surface area contributed by atoms with Gasteiger partial charge in [0.05, 0.1) is 29.0 Å². The number of hydrogen-bond donors (Lipinski definition) is 0. The van der Waals surface area contributed by atoms with E-state index in [4.69, 9.17) is 0 Å². The lowest BCUT2D eigenvalue weighted by atomic mass is 10.1. The standard InChI is InChI=1S/C19H14N2O6S/c1-27-18(23)14-7-5-12(6-8-14)10-16-17(22)20(19(24)28-16)11-13-3-2-4-15(9-13)21(25)26/h2-10H,11H2,1H3/b16-10-. The molecule has 2 amide bonds. The minimum atomic E-state index is -0.533. The lowest BCUT2D eigenvalue weighted by Crippen LogP contribution is -2.27. The van der Waals surface area contributed by atoms with Crippen molar-refractivity contribution in [2.24, 2.45) is 0 Å². The van der Waals surface area contributed by atoms with Gasteiger partial charge in [-0.15, -0.1) is 0 Å². The highest BCUT2D eigenvalue weighted by atomic mass is 32.2. The van der Waals surface area contributed by atoms with Gasteiger partial charge in [-0.25, -0.2) is 4.79 Å². The number of amides is 2.